The Morgan fingerprint density at radius 3 is 3.19 bits per heavy atom. The van der Waals surface area contributed by atoms with E-state index in [1.165, 1.54) is 4.88 Å². The van der Waals surface area contributed by atoms with Gasteiger partial charge in [-0.25, -0.2) is 4.98 Å². The molecule has 0 amide bonds. The molecule has 0 aliphatic rings. The smallest absolute Gasteiger partial charge is 0.134 e. The van der Waals surface area contributed by atoms with Gasteiger partial charge >= 0.3 is 0 Å². The number of aromatic nitrogens is 1. The summed E-state index contributed by atoms with van der Waals surface area (Å²) in [5.41, 5.74) is 3.04. The zero-order chi connectivity index (χ0) is 11.2. The van der Waals surface area contributed by atoms with Crippen molar-refractivity contribution in [3.05, 3.63) is 32.9 Å². The van der Waals surface area contributed by atoms with Crippen LogP contribution in [0.25, 0.3) is 0 Å². The summed E-state index contributed by atoms with van der Waals surface area (Å²) >= 11 is 3.37. The molecule has 2 aromatic rings. The summed E-state index contributed by atoms with van der Waals surface area (Å²) in [6.45, 7) is 1.82. The second-order valence-corrected chi connectivity index (χ2v) is 5.04. The first kappa shape index (κ1) is 11.6. The average Bonchev–Trinajstić information content (AvgIpc) is 2.95. The van der Waals surface area contributed by atoms with Gasteiger partial charge in [-0.15, -0.1) is 22.7 Å². The van der Waals surface area contributed by atoms with Crippen LogP contribution < -0.4 is 10.1 Å². The van der Waals surface area contributed by atoms with Crippen molar-refractivity contribution in [2.75, 3.05) is 13.7 Å². The molecule has 0 saturated carbocycles. The first-order valence-electron chi connectivity index (χ1n) is 5.08. The van der Waals surface area contributed by atoms with Crippen LogP contribution in [-0.2, 0) is 13.0 Å². The SMILES string of the molecule is COc1ccsc1CNCCc1cscn1. The molecular weight excluding hydrogens is 240 g/mol. The molecule has 86 valence electrons. The fraction of sp³-hybridized carbons (Fsp3) is 0.364. The van der Waals surface area contributed by atoms with Gasteiger partial charge in [-0.1, -0.05) is 0 Å². The van der Waals surface area contributed by atoms with Gasteiger partial charge in [0.2, 0.25) is 0 Å². The molecule has 2 aromatic heterocycles. The van der Waals surface area contributed by atoms with E-state index in [1.807, 2.05) is 11.6 Å². The minimum atomic E-state index is 0.866. The number of ether oxygens (including phenoxy) is 1. The lowest BCUT2D eigenvalue weighted by atomic mass is 10.3. The number of hydrogen-bond donors (Lipinski definition) is 1. The number of hydrogen-bond acceptors (Lipinski definition) is 5. The molecular formula is C11H14N2OS2. The van der Waals surface area contributed by atoms with Crippen LogP contribution in [0.4, 0.5) is 0 Å². The minimum absolute atomic E-state index is 0.866. The second-order valence-electron chi connectivity index (χ2n) is 3.32. The fourth-order valence-corrected chi connectivity index (χ4v) is 2.82. The predicted octanol–water partition coefficient (Wildman–Crippen LogP) is 2.55. The molecule has 2 heterocycles. The summed E-state index contributed by atoms with van der Waals surface area (Å²) in [4.78, 5) is 5.49. The van der Waals surface area contributed by atoms with E-state index in [0.717, 1.165) is 31.0 Å². The third-order valence-electron chi connectivity index (χ3n) is 2.25. The molecule has 0 saturated heterocycles. The zero-order valence-corrected chi connectivity index (χ0v) is 10.7. The summed E-state index contributed by atoms with van der Waals surface area (Å²) in [7, 11) is 1.71. The van der Waals surface area contributed by atoms with E-state index in [0.29, 0.717) is 0 Å². The van der Waals surface area contributed by atoms with Gasteiger partial charge in [0.05, 0.1) is 23.2 Å². The zero-order valence-electron chi connectivity index (χ0n) is 9.10. The molecule has 16 heavy (non-hydrogen) atoms. The Kier molecular flexibility index (Phi) is 4.33. The number of thiophene rings is 1. The van der Waals surface area contributed by atoms with Crippen LogP contribution in [0.3, 0.4) is 0 Å². The lowest BCUT2D eigenvalue weighted by molar-refractivity contribution is 0.410. The third-order valence-corrected chi connectivity index (χ3v) is 3.79. The highest BCUT2D eigenvalue weighted by atomic mass is 32.1. The molecule has 0 aliphatic heterocycles. The van der Waals surface area contributed by atoms with E-state index in [9.17, 15) is 0 Å². The van der Waals surface area contributed by atoms with Crippen LogP contribution in [0.2, 0.25) is 0 Å². The van der Waals surface area contributed by atoms with Crippen molar-refractivity contribution in [2.24, 2.45) is 0 Å². The largest absolute Gasteiger partial charge is 0.496 e. The first-order chi connectivity index (χ1) is 7.90. The standard InChI is InChI=1S/C11H14N2OS2/c1-14-10-3-5-16-11(10)6-12-4-2-9-7-15-8-13-9/h3,5,7-8,12H,2,4,6H2,1H3. The second kappa shape index (κ2) is 5.98. The maximum Gasteiger partial charge on any atom is 0.134 e. The van der Waals surface area contributed by atoms with Crippen molar-refractivity contribution in [3.8, 4) is 5.75 Å². The molecule has 0 fully saturated rings. The Morgan fingerprint density at radius 1 is 1.50 bits per heavy atom. The summed E-state index contributed by atoms with van der Waals surface area (Å²) in [6.07, 6.45) is 0.983. The molecule has 0 bridgehead atoms. The van der Waals surface area contributed by atoms with E-state index in [2.05, 4.69) is 21.1 Å². The van der Waals surface area contributed by atoms with Crippen LogP contribution in [0, 0.1) is 0 Å². The van der Waals surface area contributed by atoms with Crippen molar-refractivity contribution in [1.29, 1.82) is 0 Å². The van der Waals surface area contributed by atoms with E-state index in [-0.39, 0.29) is 0 Å². The van der Waals surface area contributed by atoms with Crippen LogP contribution in [0.1, 0.15) is 10.6 Å². The van der Waals surface area contributed by atoms with Crippen LogP contribution in [-0.4, -0.2) is 18.6 Å². The highest BCUT2D eigenvalue weighted by molar-refractivity contribution is 7.10. The monoisotopic (exact) mass is 254 g/mol. The summed E-state index contributed by atoms with van der Waals surface area (Å²) in [6, 6.07) is 2.00. The third kappa shape index (κ3) is 3.04. The van der Waals surface area contributed by atoms with Gasteiger partial charge in [0.1, 0.15) is 5.75 Å². The van der Waals surface area contributed by atoms with Crippen molar-refractivity contribution >= 4 is 22.7 Å². The van der Waals surface area contributed by atoms with Crippen LogP contribution in [0.15, 0.2) is 22.3 Å². The van der Waals surface area contributed by atoms with Crippen LogP contribution >= 0.6 is 22.7 Å². The lowest BCUT2D eigenvalue weighted by Crippen LogP contribution is -2.16. The molecule has 0 aromatic carbocycles. The Hall–Kier alpha value is -0.910. The number of methoxy groups -OCH3 is 1. The molecule has 3 nitrogen and oxygen atoms in total. The molecule has 0 spiro atoms. The Bertz CT molecular complexity index is 411. The summed E-state index contributed by atoms with van der Waals surface area (Å²) < 4.78 is 5.25. The van der Waals surface area contributed by atoms with Gasteiger partial charge in [0, 0.05) is 24.9 Å². The van der Waals surface area contributed by atoms with E-state index >= 15 is 0 Å². The van der Waals surface area contributed by atoms with Gasteiger partial charge in [0.25, 0.3) is 0 Å². The van der Waals surface area contributed by atoms with Crippen molar-refractivity contribution in [1.82, 2.24) is 10.3 Å². The van der Waals surface area contributed by atoms with Crippen molar-refractivity contribution in [3.63, 3.8) is 0 Å². The van der Waals surface area contributed by atoms with Gasteiger partial charge in [-0.3, -0.25) is 0 Å². The average molecular weight is 254 g/mol. The highest BCUT2D eigenvalue weighted by Gasteiger charge is 2.03. The number of thiazole rings is 1. The summed E-state index contributed by atoms with van der Waals surface area (Å²) in [5.74, 6) is 0.978. The molecule has 0 atom stereocenters. The van der Waals surface area contributed by atoms with E-state index < -0.39 is 0 Å². The van der Waals surface area contributed by atoms with Gasteiger partial charge in [0.15, 0.2) is 0 Å². The molecule has 2 rings (SSSR count). The Morgan fingerprint density at radius 2 is 2.44 bits per heavy atom. The maximum atomic E-state index is 5.25. The molecule has 5 heteroatoms. The minimum Gasteiger partial charge on any atom is -0.496 e. The quantitative estimate of drug-likeness (QED) is 0.804. The van der Waals surface area contributed by atoms with Gasteiger partial charge in [-0.05, 0) is 11.4 Å². The lowest BCUT2D eigenvalue weighted by Gasteiger charge is -2.04. The summed E-state index contributed by atoms with van der Waals surface area (Å²) in [5, 5.41) is 7.54. The molecule has 0 radical (unpaired) electrons. The molecule has 1 N–H and O–H groups in total. The number of nitrogens with one attached hydrogen (secondary N) is 1. The fourth-order valence-electron chi connectivity index (χ4n) is 1.42. The van der Waals surface area contributed by atoms with Crippen molar-refractivity contribution in [2.45, 2.75) is 13.0 Å². The Labute approximate surface area is 103 Å². The van der Waals surface area contributed by atoms with Crippen LogP contribution in [0.5, 0.6) is 5.75 Å². The normalized spacial score (nSPS) is 10.6. The number of rotatable bonds is 6. The maximum absolute atomic E-state index is 5.25. The van der Waals surface area contributed by atoms with Crippen molar-refractivity contribution < 1.29 is 4.74 Å². The topological polar surface area (TPSA) is 34.1 Å². The predicted molar refractivity (Wildman–Crippen MR) is 68.4 cm³/mol. The van der Waals surface area contributed by atoms with Gasteiger partial charge in [-0.2, -0.15) is 0 Å². The number of nitrogens with zero attached hydrogens (tertiary/aromatic N) is 1. The van der Waals surface area contributed by atoms with Gasteiger partial charge < -0.3 is 10.1 Å². The van der Waals surface area contributed by atoms with E-state index in [1.54, 1.807) is 29.8 Å². The molecule has 0 aliphatic carbocycles. The Balaban J connectivity index is 1.72. The molecule has 0 unspecified atom stereocenters. The van der Waals surface area contributed by atoms with E-state index in [4.69, 9.17) is 4.74 Å². The highest BCUT2D eigenvalue weighted by Crippen LogP contribution is 2.23. The first-order valence-corrected chi connectivity index (χ1v) is 6.90.